The van der Waals surface area contributed by atoms with Crippen molar-refractivity contribution in [3.8, 4) is 0 Å². The van der Waals surface area contributed by atoms with E-state index in [0.29, 0.717) is 25.9 Å². The number of carbonyl (C=O) groups is 1. The number of alkyl halides is 1. The van der Waals surface area contributed by atoms with Crippen LogP contribution < -0.4 is 0 Å². The van der Waals surface area contributed by atoms with Crippen molar-refractivity contribution in [3.63, 3.8) is 0 Å². The van der Waals surface area contributed by atoms with Gasteiger partial charge in [0.1, 0.15) is 4.87 Å². The second-order valence-electron chi connectivity index (χ2n) is 4.34. The van der Waals surface area contributed by atoms with Crippen LogP contribution in [0.1, 0.15) is 34.6 Å². The van der Waals surface area contributed by atoms with Gasteiger partial charge in [0.2, 0.25) is 0 Å². The molecule has 0 unspecified atom stereocenters. The van der Waals surface area contributed by atoms with Crippen LogP contribution in [0.4, 0.5) is 0 Å². The van der Waals surface area contributed by atoms with Gasteiger partial charge in [0.25, 0.3) is 0 Å². The minimum atomic E-state index is -2.74. The number of hydrogen-bond donors (Lipinski definition) is 0. The number of carbonyl (C=O) groups excluding carboxylic acids is 1. The van der Waals surface area contributed by atoms with Crippen molar-refractivity contribution in [2.75, 3.05) is 26.4 Å². The number of halogens is 1. The second kappa shape index (κ2) is 8.92. The molecule has 0 spiro atoms. The third-order valence-electron chi connectivity index (χ3n) is 2.22. The van der Waals surface area contributed by atoms with E-state index in [0.717, 1.165) is 0 Å². The summed E-state index contributed by atoms with van der Waals surface area (Å²) in [7, 11) is -2.74. The molecule has 0 radical (unpaired) electrons. The molecule has 0 saturated carbocycles. The van der Waals surface area contributed by atoms with Crippen LogP contribution in [0.2, 0.25) is 6.04 Å². The second-order valence-corrected chi connectivity index (χ2v) is 8.02. The molecule has 0 atom stereocenters. The highest BCUT2D eigenvalue weighted by atomic mass is 35.5. The number of rotatable bonds is 10. The van der Waals surface area contributed by atoms with E-state index in [1.807, 2.05) is 20.8 Å². The fraction of sp³-hybridized carbons (Fsp3) is 0.917. The van der Waals surface area contributed by atoms with E-state index in [9.17, 15) is 4.79 Å². The van der Waals surface area contributed by atoms with Gasteiger partial charge in [-0.3, -0.25) is 4.79 Å². The molecule has 0 aromatic rings. The Morgan fingerprint density at radius 1 is 1.05 bits per heavy atom. The lowest BCUT2D eigenvalue weighted by molar-refractivity contribution is -0.145. The maximum absolute atomic E-state index is 11.6. The summed E-state index contributed by atoms with van der Waals surface area (Å²) in [5.74, 6) is -0.457. The average molecular weight is 313 g/mol. The quantitative estimate of drug-likeness (QED) is 0.352. The molecule has 0 aliphatic rings. The van der Waals surface area contributed by atoms with Crippen LogP contribution in [-0.2, 0) is 22.8 Å². The predicted octanol–water partition coefficient (Wildman–Crippen LogP) is 2.60. The van der Waals surface area contributed by atoms with Gasteiger partial charge in [-0.05, 0) is 34.6 Å². The molecule has 0 fully saturated rings. The van der Waals surface area contributed by atoms with Gasteiger partial charge in [-0.2, -0.15) is 0 Å². The Labute approximate surface area is 121 Å². The van der Waals surface area contributed by atoms with Gasteiger partial charge >= 0.3 is 14.8 Å². The van der Waals surface area contributed by atoms with Crippen LogP contribution in [0.3, 0.4) is 0 Å². The zero-order chi connectivity index (χ0) is 14.9. The first kappa shape index (κ1) is 18.9. The highest BCUT2D eigenvalue weighted by Gasteiger charge is 2.41. The van der Waals surface area contributed by atoms with E-state index >= 15 is 0 Å². The van der Waals surface area contributed by atoms with Crippen LogP contribution >= 0.6 is 11.6 Å². The zero-order valence-corrected chi connectivity index (χ0v) is 14.2. The van der Waals surface area contributed by atoms with Crippen molar-refractivity contribution in [2.24, 2.45) is 0 Å². The summed E-state index contributed by atoms with van der Waals surface area (Å²) in [6.45, 7) is 10.5. The Bertz CT molecular complexity index is 250. The van der Waals surface area contributed by atoms with Crippen LogP contribution in [0.25, 0.3) is 0 Å². The molecule has 0 heterocycles. The Kier molecular flexibility index (Phi) is 8.85. The molecule has 114 valence electrons. The lowest BCUT2D eigenvalue weighted by Crippen LogP contribution is -2.47. The summed E-state index contributed by atoms with van der Waals surface area (Å²) in [4.78, 5) is 10.5. The van der Waals surface area contributed by atoms with Crippen molar-refractivity contribution >= 4 is 26.4 Å². The first-order valence-electron chi connectivity index (χ1n) is 6.59. The molecule has 7 heteroatoms. The molecule has 0 aliphatic heterocycles. The SMILES string of the molecule is CCO[Si](CCOC(=O)C(C)(C)Cl)(OCC)OCC. The highest BCUT2D eigenvalue weighted by molar-refractivity contribution is 6.60. The first-order chi connectivity index (χ1) is 8.81. The molecule has 0 aromatic heterocycles. The smallest absolute Gasteiger partial charge is 0.464 e. The van der Waals surface area contributed by atoms with E-state index in [1.165, 1.54) is 0 Å². The average Bonchev–Trinajstić information content (AvgIpc) is 2.28. The molecule has 0 saturated heterocycles. The third-order valence-corrected chi connectivity index (χ3v) is 5.38. The lowest BCUT2D eigenvalue weighted by atomic mass is 10.2. The number of hydrogen-bond acceptors (Lipinski definition) is 5. The Hall–Kier alpha value is -0.143. The molecule has 0 aliphatic carbocycles. The number of ether oxygens (including phenoxy) is 1. The Morgan fingerprint density at radius 3 is 1.79 bits per heavy atom. The van der Waals surface area contributed by atoms with Crippen molar-refractivity contribution in [2.45, 2.75) is 45.5 Å². The fourth-order valence-electron chi connectivity index (χ4n) is 1.44. The third kappa shape index (κ3) is 7.27. The minimum absolute atomic E-state index is 0.182. The van der Waals surface area contributed by atoms with Gasteiger partial charge < -0.3 is 18.0 Å². The van der Waals surface area contributed by atoms with Crippen molar-refractivity contribution in [1.29, 1.82) is 0 Å². The molecule has 19 heavy (non-hydrogen) atoms. The van der Waals surface area contributed by atoms with Gasteiger partial charge in [0.15, 0.2) is 0 Å². The molecule has 0 amide bonds. The van der Waals surface area contributed by atoms with Gasteiger partial charge in [0, 0.05) is 19.8 Å². The maximum atomic E-state index is 11.6. The van der Waals surface area contributed by atoms with Gasteiger partial charge in [-0.1, -0.05) is 0 Å². The fourth-order valence-corrected chi connectivity index (χ4v) is 3.85. The van der Waals surface area contributed by atoms with Crippen LogP contribution in [0.15, 0.2) is 0 Å². The summed E-state index contributed by atoms with van der Waals surface area (Å²) in [5.41, 5.74) is 0. The van der Waals surface area contributed by atoms with Gasteiger partial charge in [-0.25, -0.2) is 0 Å². The van der Waals surface area contributed by atoms with Gasteiger partial charge in [-0.15, -0.1) is 11.6 Å². The zero-order valence-electron chi connectivity index (χ0n) is 12.5. The normalized spacial score (nSPS) is 12.5. The Morgan fingerprint density at radius 2 is 1.47 bits per heavy atom. The van der Waals surface area contributed by atoms with E-state index < -0.39 is 19.6 Å². The monoisotopic (exact) mass is 312 g/mol. The van der Waals surface area contributed by atoms with Crippen LogP contribution in [-0.4, -0.2) is 46.1 Å². The topological polar surface area (TPSA) is 54.0 Å². The van der Waals surface area contributed by atoms with E-state index in [4.69, 9.17) is 29.6 Å². The van der Waals surface area contributed by atoms with E-state index in [-0.39, 0.29) is 6.61 Å². The number of esters is 1. The summed E-state index contributed by atoms with van der Waals surface area (Å²) in [6.07, 6.45) is 0. The van der Waals surface area contributed by atoms with Crippen molar-refractivity contribution in [3.05, 3.63) is 0 Å². The van der Waals surface area contributed by atoms with E-state index in [2.05, 4.69) is 0 Å². The molecule has 5 nitrogen and oxygen atoms in total. The standard InChI is InChI=1S/C12H25ClO5Si/c1-6-16-19(17-7-2,18-8-3)10-9-15-11(14)12(4,5)13/h6-10H2,1-5H3. The largest absolute Gasteiger partial charge is 0.504 e. The lowest BCUT2D eigenvalue weighted by Gasteiger charge is -2.28. The van der Waals surface area contributed by atoms with E-state index in [1.54, 1.807) is 13.8 Å². The molecule has 0 rings (SSSR count). The molecular weight excluding hydrogens is 288 g/mol. The Balaban J connectivity index is 4.44. The van der Waals surface area contributed by atoms with Crippen molar-refractivity contribution in [1.82, 2.24) is 0 Å². The summed E-state index contributed by atoms with van der Waals surface area (Å²) < 4.78 is 22.1. The predicted molar refractivity (Wildman–Crippen MR) is 76.3 cm³/mol. The van der Waals surface area contributed by atoms with Crippen molar-refractivity contribution < 1.29 is 22.8 Å². The van der Waals surface area contributed by atoms with Crippen LogP contribution in [0, 0.1) is 0 Å². The summed E-state index contributed by atoms with van der Waals surface area (Å²) >= 11 is 5.86. The minimum Gasteiger partial charge on any atom is -0.464 e. The van der Waals surface area contributed by atoms with Gasteiger partial charge in [0.05, 0.1) is 12.7 Å². The summed E-state index contributed by atoms with van der Waals surface area (Å²) in [6, 6.07) is 0.432. The molecule has 0 bridgehead atoms. The highest BCUT2D eigenvalue weighted by Crippen LogP contribution is 2.18. The maximum Gasteiger partial charge on any atom is 0.504 e. The summed E-state index contributed by atoms with van der Waals surface area (Å²) in [5, 5.41) is 0. The molecule has 0 N–H and O–H groups in total. The molecule has 0 aromatic carbocycles. The van der Waals surface area contributed by atoms with Crippen LogP contribution in [0.5, 0.6) is 0 Å². The molecular formula is C12H25ClO5Si. The first-order valence-corrected chi connectivity index (χ1v) is 8.90.